The van der Waals surface area contributed by atoms with Crippen molar-refractivity contribution in [2.24, 2.45) is 0 Å². The van der Waals surface area contributed by atoms with E-state index in [1.54, 1.807) is 0 Å². The molecule has 2 fully saturated rings. The van der Waals surface area contributed by atoms with E-state index in [4.69, 9.17) is 9.84 Å². The van der Waals surface area contributed by atoms with Crippen molar-refractivity contribution in [1.29, 1.82) is 0 Å². The molecule has 8 heteroatoms. The molecule has 0 atom stereocenters. The molecule has 4 amide bonds. The Balaban J connectivity index is 1.87. The van der Waals surface area contributed by atoms with Crippen molar-refractivity contribution < 1.29 is 19.4 Å². The molecular weight excluding hydrogens is 282 g/mol. The van der Waals surface area contributed by atoms with Crippen LogP contribution in [0.5, 0.6) is 0 Å². The van der Waals surface area contributed by atoms with E-state index in [1.165, 1.54) is 0 Å². The predicted octanol–water partition coefficient (Wildman–Crippen LogP) is -0.00410. The van der Waals surface area contributed by atoms with Crippen LogP contribution in [0.3, 0.4) is 0 Å². The van der Waals surface area contributed by atoms with E-state index in [2.05, 4.69) is 10.6 Å². The van der Waals surface area contributed by atoms with Gasteiger partial charge in [0.25, 0.3) is 0 Å². The predicted molar refractivity (Wildman–Crippen MR) is 75.8 cm³/mol. The Morgan fingerprint density at radius 3 is 2.85 bits per heavy atom. The minimum absolute atomic E-state index is 0.0304. The third kappa shape index (κ3) is 3.77. The lowest BCUT2D eigenvalue weighted by molar-refractivity contribution is -0.0606. The number of amides is 4. The van der Waals surface area contributed by atoms with Gasteiger partial charge in [-0.2, -0.15) is 11.8 Å². The van der Waals surface area contributed by atoms with Gasteiger partial charge in [-0.05, 0) is 24.3 Å². The number of hydrogen-bond donors (Lipinski definition) is 3. The van der Waals surface area contributed by atoms with Gasteiger partial charge in [-0.3, -0.25) is 0 Å². The lowest BCUT2D eigenvalue weighted by Gasteiger charge is -2.37. The van der Waals surface area contributed by atoms with Gasteiger partial charge in [-0.1, -0.05) is 0 Å². The van der Waals surface area contributed by atoms with E-state index in [9.17, 15) is 9.59 Å². The van der Waals surface area contributed by atoms with Crippen molar-refractivity contribution in [2.45, 2.75) is 18.4 Å². The molecule has 0 aromatic carbocycles. The fourth-order valence-corrected chi connectivity index (χ4v) is 3.61. The zero-order chi connectivity index (χ0) is 14.4. The molecule has 0 saturated carbocycles. The summed E-state index contributed by atoms with van der Waals surface area (Å²) < 4.78 is 5.76. The first-order valence-electron chi connectivity index (χ1n) is 6.83. The van der Waals surface area contributed by atoms with E-state index >= 15 is 0 Å². The topological polar surface area (TPSA) is 90.9 Å². The van der Waals surface area contributed by atoms with Crippen molar-refractivity contribution in [3.05, 3.63) is 0 Å². The molecule has 0 radical (unpaired) electrons. The van der Waals surface area contributed by atoms with Crippen molar-refractivity contribution in [1.82, 2.24) is 15.5 Å². The SMILES string of the molecule is O=C1NCCN1C(=O)NCC1(OCCO)CCSCC1. The fraction of sp³-hybridized carbons (Fsp3) is 0.833. The van der Waals surface area contributed by atoms with Crippen LogP contribution in [0.2, 0.25) is 0 Å². The molecule has 0 aliphatic carbocycles. The average molecular weight is 303 g/mol. The van der Waals surface area contributed by atoms with Gasteiger partial charge in [0.2, 0.25) is 0 Å². The van der Waals surface area contributed by atoms with Gasteiger partial charge in [-0.25, -0.2) is 14.5 Å². The minimum Gasteiger partial charge on any atom is -0.394 e. The second-order valence-electron chi connectivity index (χ2n) is 4.91. The first-order chi connectivity index (χ1) is 9.67. The third-order valence-corrected chi connectivity index (χ3v) is 4.55. The highest BCUT2D eigenvalue weighted by Gasteiger charge is 2.35. The first kappa shape index (κ1) is 15.4. The highest BCUT2D eigenvalue weighted by atomic mass is 32.2. The Bertz CT molecular complexity index is 361. The van der Waals surface area contributed by atoms with Gasteiger partial charge in [-0.15, -0.1) is 0 Å². The van der Waals surface area contributed by atoms with Gasteiger partial charge < -0.3 is 20.5 Å². The summed E-state index contributed by atoms with van der Waals surface area (Å²) >= 11 is 1.86. The van der Waals surface area contributed by atoms with Crippen molar-refractivity contribution in [2.75, 3.05) is 44.4 Å². The molecule has 2 saturated heterocycles. The highest BCUT2D eigenvalue weighted by molar-refractivity contribution is 7.99. The molecule has 7 nitrogen and oxygen atoms in total. The molecule has 3 N–H and O–H groups in total. The van der Waals surface area contributed by atoms with Gasteiger partial charge in [0.1, 0.15) is 0 Å². The summed E-state index contributed by atoms with van der Waals surface area (Å²) in [6, 6.07) is -0.739. The summed E-state index contributed by atoms with van der Waals surface area (Å²) in [6.07, 6.45) is 1.67. The van der Waals surface area contributed by atoms with Gasteiger partial charge >= 0.3 is 12.1 Å². The van der Waals surface area contributed by atoms with E-state index in [1.807, 2.05) is 11.8 Å². The van der Waals surface area contributed by atoms with Gasteiger partial charge in [0, 0.05) is 19.6 Å². The largest absolute Gasteiger partial charge is 0.394 e. The van der Waals surface area contributed by atoms with Crippen LogP contribution in [0.1, 0.15) is 12.8 Å². The van der Waals surface area contributed by atoms with E-state index in [0.29, 0.717) is 19.6 Å². The second-order valence-corrected chi connectivity index (χ2v) is 6.13. The molecular formula is C12H21N3O4S. The number of aliphatic hydroxyl groups excluding tert-OH is 1. The molecule has 20 heavy (non-hydrogen) atoms. The number of nitrogens with one attached hydrogen (secondary N) is 2. The van der Waals surface area contributed by atoms with Gasteiger partial charge in [0.15, 0.2) is 0 Å². The number of aliphatic hydroxyl groups is 1. The zero-order valence-electron chi connectivity index (χ0n) is 11.4. The first-order valence-corrected chi connectivity index (χ1v) is 7.98. The maximum Gasteiger partial charge on any atom is 0.325 e. The maximum absolute atomic E-state index is 12.0. The number of hydrogen-bond acceptors (Lipinski definition) is 5. The maximum atomic E-state index is 12.0. The van der Waals surface area contributed by atoms with Crippen LogP contribution in [0.4, 0.5) is 9.59 Å². The van der Waals surface area contributed by atoms with Crippen LogP contribution in [-0.4, -0.2) is 72.0 Å². The Hall–Kier alpha value is -0.990. The van der Waals surface area contributed by atoms with E-state index < -0.39 is 5.60 Å². The highest BCUT2D eigenvalue weighted by Crippen LogP contribution is 2.30. The van der Waals surface area contributed by atoms with Crippen LogP contribution < -0.4 is 10.6 Å². The van der Waals surface area contributed by atoms with Crippen LogP contribution in [0.15, 0.2) is 0 Å². The normalized spacial score (nSPS) is 21.6. The number of urea groups is 2. The van der Waals surface area contributed by atoms with Crippen LogP contribution in [0.25, 0.3) is 0 Å². The molecule has 2 rings (SSSR count). The Morgan fingerprint density at radius 2 is 2.25 bits per heavy atom. The van der Waals surface area contributed by atoms with E-state index in [0.717, 1.165) is 29.2 Å². The molecule has 0 aromatic rings. The van der Waals surface area contributed by atoms with Gasteiger partial charge in [0.05, 0.1) is 18.8 Å². The number of nitrogens with zero attached hydrogens (tertiary/aromatic N) is 1. The summed E-state index contributed by atoms with van der Waals surface area (Å²) in [5.41, 5.74) is -0.417. The third-order valence-electron chi connectivity index (χ3n) is 3.57. The Kier molecular flexibility index (Phi) is 5.50. The summed E-state index contributed by atoms with van der Waals surface area (Å²) in [6.45, 7) is 1.50. The fourth-order valence-electron chi connectivity index (χ4n) is 2.38. The average Bonchev–Trinajstić information content (AvgIpc) is 2.90. The lowest BCUT2D eigenvalue weighted by Crippen LogP contribution is -2.51. The Labute approximate surface area is 122 Å². The number of thioether (sulfide) groups is 1. The molecule has 2 aliphatic heterocycles. The van der Waals surface area contributed by atoms with Crippen molar-refractivity contribution in [3.63, 3.8) is 0 Å². The Morgan fingerprint density at radius 1 is 1.50 bits per heavy atom. The molecule has 114 valence electrons. The molecule has 0 spiro atoms. The summed E-state index contributed by atoms with van der Waals surface area (Å²) in [4.78, 5) is 24.5. The summed E-state index contributed by atoms with van der Waals surface area (Å²) in [7, 11) is 0. The summed E-state index contributed by atoms with van der Waals surface area (Å²) in [5, 5.41) is 14.3. The zero-order valence-corrected chi connectivity index (χ0v) is 12.2. The van der Waals surface area contributed by atoms with Crippen LogP contribution >= 0.6 is 11.8 Å². The quantitative estimate of drug-likeness (QED) is 0.665. The van der Waals surface area contributed by atoms with E-state index in [-0.39, 0.29) is 25.3 Å². The monoisotopic (exact) mass is 303 g/mol. The van der Waals surface area contributed by atoms with Crippen molar-refractivity contribution >= 4 is 23.8 Å². The number of ether oxygens (including phenoxy) is 1. The standard InChI is InChI=1S/C12H21N3O4S/c16-5-6-19-12(1-7-20-8-2-12)9-14-11(18)15-4-3-13-10(15)17/h16H,1-9H2,(H,13,17)(H,14,18). The number of imide groups is 1. The van der Waals surface area contributed by atoms with Crippen LogP contribution in [0, 0.1) is 0 Å². The summed E-state index contributed by atoms with van der Waals surface area (Å²) in [5.74, 6) is 1.96. The second kappa shape index (κ2) is 7.14. The molecule has 2 aliphatic rings. The lowest BCUT2D eigenvalue weighted by atomic mass is 9.96. The number of carbonyl (C=O) groups is 2. The molecule has 2 heterocycles. The number of rotatable bonds is 5. The number of carbonyl (C=O) groups excluding carboxylic acids is 2. The molecule has 0 bridgehead atoms. The van der Waals surface area contributed by atoms with Crippen LogP contribution in [-0.2, 0) is 4.74 Å². The minimum atomic E-state index is -0.417. The smallest absolute Gasteiger partial charge is 0.325 e. The molecule has 0 unspecified atom stereocenters. The molecule has 0 aromatic heterocycles. The van der Waals surface area contributed by atoms with Crippen molar-refractivity contribution in [3.8, 4) is 0 Å².